The minimum absolute atomic E-state index is 0.0593. The summed E-state index contributed by atoms with van der Waals surface area (Å²) in [6, 6.07) is 19.0. The van der Waals surface area contributed by atoms with Gasteiger partial charge in [0.1, 0.15) is 10.8 Å². The Morgan fingerprint density at radius 2 is 1.82 bits per heavy atom. The quantitative estimate of drug-likeness (QED) is 0.364. The average molecular weight is 453 g/mol. The summed E-state index contributed by atoms with van der Waals surface area (Å²) >= 11 is 1.22. The molecule has 5 rings (SSSR count). The summed E-state index contributed by atoms with van der Waals surface area (Å²) in [5.74, 6) is -0.656. The number of hydrazone groups is 1. The van der Waals surface area contributed by atoms with Gasteiger partial charge in [0.15, 0.2) is 5.84 Å². The molecule has 0 aliphatic carbocycles. The molecule has 0 saturated heterocycles. The number of aliphatic imine (C=N–C) groups is 1. The maximum atomic E-state index is 12.6. The standard InChI is InChI=1S/C24H15N5O3S/c25-20-19(21(30)27-24-29(20)28-22(33-24)17-7-4-12-26-14-17)13-15-8-10-18(11-9-15)32-23(31)16-5-2-1-3-6-16/h1-14,25H. The van der Waals surface area contributed by atoms with Crippen molar-refractivity contribution in [3.63, 3.8) is 0 Å². The van der Waals surface area contributed by atoms with E-state index in [4.69, 9.17) is 10.1 Å². The third-order valence-corrected chi connectivity index (χ3v) is 5.73. The van der Waals surface area contributed by atoms with E-state index in [1.165, 1.54) is 16.8 Å². The van der Waals surface area contributed by atoms with Crippen LogP contribution in [-0.4, -0.2) is 37.9 Å². The van der Waals surface area contributed by atoms with Crippen molar-refractivity contribution in [1.29, 1.82) is 5.41 Å². The first-order valence-electron chi connectivity index (χ1n) is 9.86. The molecule has 3 heterocycles. The highest BCUT2D eigenvalue weighted by Gasteiger charge is 2.36. The zero-order chi connectivity index (χ0) is 22.8. The van der Waals surface area contributed by atoms with Crippen LogP contribution in [0, 0.1) is 5.41 Å². The molecule has 2 aliphatic rings. The number of carbonyl (C=O) groups excluding carboxylic acids is 2. The highest BCUT2D eigenvalue weighted by Crippen LogP contribution is 2.30. The number of aromatic nitrogens is 1. The van der Waals surface area contributed by atoms with Crippen LogP contribution in [0.3, 0.4) is 0 Å². The second kappa shape index (κ2) is 8.64. The number of rotatable bonds is 4. The Hall–Kier alpha value is -4.37. The molecule has 0 saturated carbocycles. The van der Waals surface area contributed by atoms with Gasteiger partial charge in [0.25, 0.3) is 5.91 Å². The number of nitrogens with one attached hydrogen (secondary N) is 1. The number of hydrogen-bond donors (Lipinski definition) is 1. The summed E-state index contributed by atoms with van der Waals surface area (Å²) in [6.45, 7) is 0. The molecule has 160 valence electrons. The zero-order valence-electron chi connectivity index (χ0n) is 17.0. The van der Waals surface area contributed by atoms with Crippen molar-refractivity contribution in [3.05, 3.63) is 101 Å². The minimum Gasteiger partial charge on any atom is -0.423 e. The van der Waals surface area contributed by atoms with Gasteiger partial charge in [-0.25, -0.2) is 4.79 Å². The Labute approximate surface area is 192 Å². The first-order chi connectivity index (χ1) is 16.1. The molecule has 2 aliphatic heterocycles. The van der Waals surface area contributed by atoms with E-state index in [2.05, 4.69) is 15.1 Å². The van der Waals surface area contributed by atoms with Crippen LogP contribution in [0.25, 0.3) is 6.08 Å². The lowest BCUT2D eigenvalue weighted by molar-refractivity contribution is -0.114. The van der Waals surface area contributed by atoms with Gasteiger partial charge in [-0.1, -0.05) is 30.3 Å². The zero-order valence-corrected chi connectivity index (χ0v) is 17.8. The third kappa shape index (κ3) is 4.21. The maximum Gasteiger partial charge on any atom is 0.343 e. The van der Waals surface area contributed by atoms with Crippen LogP contribution in [0.15, 0.2) is 94.8 Å². The first kappa shape index (κ1) is 20.5. The van der Waals surface area contributed by atoms with Crippen molar-refractivity contribution >= 4 is 45.8 Å². The number of amides is 1. The number of amidine groups is 2. The van der Waals surface area contributed by atoms with Crippen molar-refractivity contribution in [2.75, 3.05) is 0 Å². The molecular weight excluding hydrogens is 438 g/mol. The SMILES string of the molecule is N=C1C(=Cc2ccc(OC(=O)c3ccccc3)cc2)C(=O)N=C2SC(c3cccnc3)=NN12. The monoisotopic (exact) mass is 453 g/mol. The Kier molecular flexibility index (Phi) is 5.37. The number of esters is 1. The second-order valence-electron chi connectivity index (χ2n) is 6.99. The number of thioether (sulfide) groups is 1. The fraction of sp³-hybridized carbons (Fsp3) is 0. The molecule has 0 bridgehead atoms. The number of nitrogens with zero attached hydrogens (tertiary/aromatic N) is 4. The Morgan fingerprint density at radius 1 is 1.03 bits per heavy atom. The summed E-state index contributed by atoms with van der Waals surface area (Å²) in [4.78, 5) is 33.0. The van der Waals surface area contributed by atoms with Crippen LogP contribution in [0.1, 0.15) is 21.5 Å². The Balaban J connectivity index is 1.34. The van der Waals surface area contributed by atoms with E-state index in [1.807, 2.05) is 12.1 Å². The predicted molar refractivity (Wildman–Crippen MR) is 126 cm³/mol. The molecule has 0 radical (unpaired) electrons. The predicted octanol–water partition coefficient (Wildman–Crippen LogP) is 3.97. The number of benzene rings is 2. The van der Waals surface area contributed by atoms with Crippen LogP contribution in [-0.2, 0) is 4.79 Å². The molecule has 0 spiro atoms. The van der Waals surface area contributed by atoms with Crippen molar-refractivity contribution in [2.45, 2.75) is 0 Å². The molecular formula is C24H15N5O3S. The number of fused-ring (bicyclic) bond motifs is 1. The fourth-order valence-electron chi connectivity index (χ4n) is 3.14. The summed E-state index contributed by atoms with van der Waals surface area (Å²) < 4.78 is 5.37. The van der Waals surface area contributed by atoms with Gasteiger partial charge in [0.05, 0.1) is 11.1 Å². The highest BCUT2D eigenvalue weighted by molar-refractivity contribution is 8.27. The van der Waals surface area contributed by atoms with Gasteiger partial charge >= 0.3 is 5.97 Å². The number of pyridine rings is 1. The Bertz CT molecular complexity index is 1350. The molecule has 9 heteroatoms. The van der Waals surface area contributed by atoms with Gasteiger partial charge in [-0.15, -0.1) is 0 Å². The van der Waals surface area contributed by atoms with Crippen molar-refractivity contribution < 1.29 is 14.3 Å². The second-order valence-corrected chi connectivity index (χ2v) is 7.95. The van der Waals surface area contributed by atoms with E-state index in [1.54, 1.807) is 73.1 Å². The molecule has 1 aromatic heterocycles. The van der Waals surface area contributed by atoms with E-state index in [9.17, 15) is 9.59 Å². The average Bonchev–Trinajstić information content (AvgIpc) is 3.28. The normalized spacial score (nSPS) is 16.4. The lowest BCUT2D eigenvalue weighted by Crippen LogP contribution is -2.35. The molecule has 2 aromatic carbocycles. The summed E-state index contributed by atoms with van der Waals surface area (Å²) in [6.07, 6.45) is 4.89. The lowest BCUT2D eigenvalue weighted by atomic mass is 10.1. The number of carbonyl (C=O) groups is 2. The van der Waals surface area contributed by atoms with Gasteiger partial charge < -0.3 is 4.74 Å². The van der Waals surface area contributed by atoms with Crippen LogP contribution in [0.2, 0.25) is 0 Å². The van der Waals surface area contributed by atoms with E-state index in [0.717, 1.165) is 5.56 Å². The minimum atomic E-state index is -0.513. The number of hydrogen-bond acceptors (Lipinski definition) is 7. The van der Waals surface area contributed by atoms with Crippen molar-refractivity contribution in [2.24, 2.45) is 10.1 Å². The lowest BCUT2D eigenvalue weighted by Gasteiger charge is -2.20. The van der Waals surface area contributed by atoms with Gasteiger partial charge in [-0.2, -0.15) is 15.1 Å². The molecule has 1 amide bonds. The fourth-order valence-corrected chi connectivity index (χ4v) is 4.02. The smallest absolute Gasteiger partial charge is 0.343 e. The van der Waals surface area contributed by atoms with E-state index < -0.39 is 11.9 Å². The van der Waals surface area contributed by atoms with Gasteiger partial charge in [0.2, 0.25) is 5.17 Å². The number of ether oxygens (including phenoxy) is 1. The highest BCUT2D eigenvalue weighted by atomic mass is 32.2. The van der Waals surface area contributed by atoms with Crippen LogP contribution in [0.4, 0.5) is 0 Å². The molecule has 33 heavy (non-hydrogen) atoms. The molecule has 0 unspecified atom stereocenters. The van der Waals surface area contributed by atoms with E-state index in [0.29, 0.717) is 27.1 Å². The largest absolute Gasteiger partial charge is 0.423 e. The van der Waals surface area contributed by atoms with E-state index >= 15 is 0 Å². The van der Waals surface area contributed by atoms with Gasteiger partial charge in [-0.05, 0) is 59.8 Å². The van der Waals surface area contributed by atoms with Gasteiger partial charge in [-0.3, -0.25) is 15.2 Å². The molecule has 8 nitrogen and oxygen atoms in total. The van der Waals surface area contributed by atoms with Crippen LogP contribution < -0.4 is 4.74 Å². The van der Waals surface area contributed by atoms with Crippen molar-refractivity contribution in [3.8, 4) is 5.75 Å². The van der Waals surface area contributed by atoms with Crippen LogP contribution >= 0.6 is 11.8 Å². The molecule has 0 atom stereocenters. The topological polar surface area (TPSA) is 108 Å². The Morgan fingerprint density at radius 3 is 2.55 bits per heavy atom. The van der Waals surface area contributed by atoms with Crippen LogP contribution in [0.5, 0.6) is 5.75 Å². The van der Waals surface area contributed by atoms with Crippen molar-refractivity contribution in [1.82, 2.24) is 9.99 Å². The van der Waals surface area contributed by atoms with E-state index in [-0.39, 0.29) is 11.4 Å². The third-order valence-electron chi connectivity index (χ3n) is 4.77. The first-order valence-corrected chi connectivity index (χ1v) is 10.7. The summed E-state index contributed by atoms with van der Waals surface area (Å²) in [7, 11) is 0. The van der Waals surface area contributed by atoms with Gasteiger partial charge in [0, 0.05) is 18.0 Å². The summed E-state index contributed by atoms with van der Waals surface area (Å²) in [5.41, 5.74) is 2.01. The summed E-state index contributed by atoms with van der Waals surface area (Å²) in [5, 5.41) is 15.2. The molecule has 0 fully saturated rings. The maximum absolute atomic E-state index is 12.6. The molecule has 3 aromatic rings. The molecule has 1 N–H and O–H groups in total.